The van der Waals surface area contributed by atoms with Crippen molar-refractivity contribution >= 4 is 27.5 Å². The van der Waals surface area contributed by atoms with E-state index >= 15 is 0 Å². The van der Waals surface area contributed by atoms with E-state index in [1.165, 1.54) is 17.0 Å². The van der Waals surface area contributed by atoms with Crippen LogP contribution >= 0.6 is 0 Å². The van der Waals surface area contributed by atoms with Crippen LogP contribution in [-0.4, -0.2) is 50.9 Å². The number of carbonyl (C=O) groups is 2. The fraction of sp³-hybridized carbons (Fsp3) is 0.297. The van der Waals surface area contributed by atoms with Crippen molar-refractivity contribution < 1.29 is 22.7 Å². The minimum atomic E-state index is -4.15. The normalized spacial score (nSPS) is 14.0. The van der Waals surface area contributed by atoms with Crippen molar-refractivity contribution in [2.75, 3.05) is 18.0 Å². The second kappa shape index (κ2) is 15.1. The van der Waals surface area contributed by atoms with E-state index in [1.54, 1.807) is 37.4 Å². The smallest absolute Gasteiger partial charge is 0.264 e. The van der Waals surface area contributed by atoms with Gasteiger partial charge < -0.3 is 15.0 Å². The van der Waals surface area contributed by atoms with Crippen molar-refractivity contribution in [3.8, 4) is 5.75 Å². The number of sulfonamides is 1. The van der Waals surface area contributed by atoms with E-state index in [9.17, 15) is 18.0 Å². The third-order valence-corrected chi connectivity index (χ3v) is 10.2. The highest BCUT2D eigenvalue weighted by Gasteiger charge is 2.36. The SMILES string of the molecule is COc1cccc(CN(C(=O)CN(c2ccccc2C)S(=O)(=O)c2ccccc2)[C@@H](Cc2ccccc2)C(=O)NC2CCCC2)c1. The van der Waals surface area contributed by atoms with Crippen LogP contribution in [0.5, 0.6) is 5.75 Å². The van der Waals surface area contributed by atoms with Gasteiger partial charge in [-0.2, -0.15) is 0 Å². The number of carbonyl (C=O) groups excluding carboxylic acids is 2. The number of nitrogens with one attached hydrogen (secondary N) is 1. The molecule has 0 unspecified atom stereocenters. The molecule has 1 fully saturated rings. The van der Waals surface area contributed by atoms with Gasteiger partial charge in [-0.25, -0.2) is 8.42 Å². The van der Waals surface area contributed by atoms with Gasteiger partial charge in [-0.1, -0.05) is 91.7 Å². The van der Waals surface area contributed by atoms with Gasteiger partial charge in [-0.3, -0.25) is 13.9 Å². The summed E-state index contributed by atoms with van der Waals surface area (Å²) < 4.78 is 34.9. The summed E-state index contributed by atoms with van der Waals surface area (Å²) in [6.07, 6.45) is 4.14. The van der Waals surface area contributed by atoms with Gasteiger partial charge in [-0.05, 0) is 66.8 Å². The molecule has 240 valence electrons. The molecule has 1 aliphatic carbocycles. The highest BCUT2D eigenvalue weighted by molar-refractivity contribution is 7.92. The van der Waals surface area contributed by atoms with Crippen LogP contribution in [0.4, 0.5) is 5.69 Å². The fourth-order valence-corrected chi connectivity index (χ4v) is 7.47. The molecule has 5 rings (SSSR count). The van der Waals surface area contributed by atoms with E-state index < -0.39 is 28.5 Å². The van der Waals surface area contributed by atoms with Crippen molar-refractivity contribution in [3.63, 3.8) is 0 Å². The average molecular weight is 640 g/mol. The van der Waals surface area contributed by atoms with Crippen LogP contribution in [0.2, 0.25) is 0 Å². The van der Waals surface area contributed by atoms with Crippen LogP contribution in [0.25, 0.3) is 0 Å². The number of rotatable bonds is 13. The Hall–Kier alpha value is -4.63. The van der Waals surface area contributed by atoms with Crippen molar-refractivity contribution in [2.45, 2.75) is 62.6 Å². The molecule has 46 heavy (non-hydrogen) atoms. The molecule has 1 saturated carbocycles. The Kier molecular flexibility index (Phi) is 10.8. The quantitative estimate of drug-likeness (QED) is 0.197. The van der Waals surface area contributed by atoms with Gasteiger partial charge in [0.15, 0.2) is 0 Å². The second-order valence-corrected chi connectivity index (χ2v) is 13.5. The molecule has 0 radical (unpaired) electrons. The zero-order valence-electron chi connectivity index (χ0n) is 26.3. The summed E-state index contributed by atoms with van der Waals surface area (Å²) in [6, 6.07) is 31.3. The van der Waals surface area contributed by atoms with Gasteiger partial charge in [0, 0.05) is 19.0 Å². The van der Waals surface area contributed by atoms with Crippen molar-refractivity contribution in [1.29, 1.82) is 0 Å². The number of para-hydroxylation sites is 1. The summed E-state index contributed by atoms with van der Waals surface area (Å²) in [6.45, 7) is 1.40. The predicted octanol–water partition coefficient (Wildman–Crippen LogP) is 5.90. The number of ether oxygens (including phenoxy) is 1. The van der Waals surface area contributed by atoms with Gasteiger partial charge in [0.25, 0.3) is 10.0 Å². The first kappa shape index (κ1) is 32.8. The van der Waals surface area contributed by atoms with Gasteiger partial charge in [0.1, 0.15) is 18.3 Å². The van der Waals surface area contributed by atoms with E-state index in [2.05, 4.69) is 5.32 Å². The topological polar surface area (TPSA) is 96.0 Å². The molecule has 4 aromatic rings. The summed E-state index contributed by atoms with van der Waals surface area (Å²) in [5.41, 5.74) is 2.75. The second-order valence-electron chi connectivity index (χ2n) is 11.7. The highest BCUT2D eigenvalue weighted by Crippen LogP contribution is 2.28. The Morgan fingerprint density at radius 2 is 1.48 bits per heavy atom. The van der Waals surface area contributed by atoms with Crippen molar-refractivity contribution in [2.24, 2.45) is 0 Å². The van der Waals surface area contributed by atoms with Crippen LogP contribution in [-0.2, 0) is 32.6 Å². The molecule has 1 aliphatic rings. The highest BCUT2D eigenvalue weighted by atomic mass is 32.2. The lowest BCUT2D eigenvalue weighted by atomic mass is 10.0. The molecule has 9 heteroatoms. The third-order valence-electron chi connectivity index (χ3n) is 8.45. The molecule has 0 spiro atoms. The molecule has 1 N–H and O–H groups in total. The molecule has 0 aromatic heterocycles. The lowest BCUT2D eigenvalue weighted by molar-refractivity contribution is -0.140. The minimum Gasteiger partial charge on any atom is -0.497 e. The Bertz CT molecular complexity index is 1720. The lowest BCUT2D eigenvalue weighted by Crippen LogP contribution is -2.54. The monoisotopic (exact) mass is 639 g/mol. The molecular formula is C37H41N3O5S. The van der Waals surface area contributed by atoms with Crippen molar-refractivity contribution in [1.82, 2.24) is 10.2 Å². The molecule has 2 amide bonds. The summed E-state index contributed by atoms with van der Waals surface area (Å²) in [5, 5.41) is 3.20. The maximum atomic E-state index is 14.7. The third kappa shape index (κ3) is 7.95. The number of hydrogen-bond donors (Lipinski definition) is 1. The molecule has 8 nitrogen and oxygen atoms in total. The Morgan fingerprint density at radius 3 is 2.15 bits per heavy atom. The van der Waals surface area contributed by atoms with Gasteiger partial charge in [-0.15, -0.1) is 0 Å². The van der Waals surface area contributed by atoms with Crippen LogP contribution < -0.4 is 14.4 Å². The summed E-state index contributed by atoms with van der Waals surface area (Å²) in [5.74, 6) is -0.124. The maximum absolute atomic E-state index is 14.7. The lowest BCUT2D eigenvalue weighted by Gasteiger charge is -2.34. The molecule has 0 aliphatic heterocycles. The van der Waals surface area contributed by atoms with Crippen LogP contribution in [0, 0.1) is 6.92 Å². The first-order chi connectivity index (χ1) is 22.3. The zero-order chi connectivity index (χ0) is 32.5. The number of hydrogen-bond acceptors (Lipinski definition) is 5. The number of methoxy groups -OCH3 is 1. The fourth-order valence-electron chi connectivity index (χ4n) is 5.97. The molecule has 1 atom stereocenters. The van der Waals surface area contributed by atoms with Crippen LogP contribution in [0.15, 0.2) is 114 Å². The average Bonchev–Trinajstić information content (AvgIpc) is 3.59. The first-order valence-corrected chi connectivity index (χ1v) is 17.1. The number of anilines is 1. The van der Waals surface area contributed by atoms with Crippen LogP contribution in [0.1, 0.15) is 42.4 Å². The number of benzene rings is 4. The van der Waals surface area contributed by atoms with Crippen LogP contribution in [0.3, 0.4) is 0 Å². The number of nitrogens with zero attached hydrogens (tertiary/aromatic N) is 2. The number of aryl methyl sites for hydroxylation is 1. The van der Waals surface area contributed by atoms with Crippen molar-refractivity contribution in [3.05, 3.63) is 126 Å². The Morgan fingerprint density at radius 1 is 0.848 bits per heavy atom. The van der Waals surface area contributed by atoms with Gasteiger partial charge >= 0.3 is 0 Å². The predicted molar refractivity (Wildman–Crippen MR) is 180 cm³/mol. The van der Waals surface area contributed by atoms with Gasteiger partial charge in [0.05, 0.1) is 17.7 Å². The molecule has 0 bridgehead atoms. The zero-order valence-corrected chi connectivity index (χ0v) is 27.2. The Labute approximate surface area is 272 Å². The van der Waals surface area contributed by atoms with E-state index in [-0.39, 0.29) is 29.8 Å². The molecule has 4 aromatic carbocycles. The Balaban J connectivity index is 1.58. The molecule has 0 saturated heterocycles. The summed E-state index contributed by atoms with van der Waals surface area (Å²) >= 11 is 0. The largest absolute Gasteiger partial charge is 0.497 e. The first-order valence-electron chi connectivity index (χ1n) is 15.7. The number of amides is 2. The van der Waals surface area contributed by atoms with Gasteiger partial charge in [0.2, 0.25) is 11.8 Å². The molecule has 0 heterocycles. The summed E-state index contributed by atoms with van der Waals surface area (Å²) in [7, 11) is -2.57. The molecular weight excluding hydrogens is 598 g/mol. The van der Waals surface area contributed by atoms with E-state index in [1.807, 2.05) is 73.7 Å². The summed E-state index contributed by atoms with van der Waals surface area (Å²) in [4.78, 5) is 30.4. The minimum absolute atomic E-state index is 0.0430. The van der Waals surface area contributed by atoms with E-state index in [0.29, 0.717) is 17.0 Å². The van der Waals surface area contributed by atoms with E-state index in [0.717, 1.165) is 41.1 Å². The maximum Gasteiger partial charge on any atom is 0.264 e. The van der Waals surface area contributed by atoms with E-state index in [4.69, 9.17) is 4.74 Å². The standard InChI is InChI=1S/C37H41N3O5S/c1-28-14-9-12-23-34(28)40(46(43,44)33-21-7-4-8-22-33)27-36(41)39(26-30-17-13-20-32(24-30)45-2)35(25-29-15-5-3-6-16-29)37(42)38-31-18-10-11-19-31/h3-9,12-17,20-24,31,35H,10-11,18-19,25-27H2,1-2H3,(H,38,42)/t35-/m0/s1.